The smallest absolute Gasteiger partial charge is 0.0565 e. The summed E-state index contributed by atoms with van der Waals surface area (Å²) in [5, 5.41) is 0. The molecule has 0 amide bonds. The fourth-order valence-corrected chi connectivity index (χ4v) is 1.51. The van der Waals surface area contributed by atoms with Crippen molar-refractivity contribution in [3.63, 3.8) is 0 Å². The van der Waals surface area contributed by atoms with Gasteiger partial charge in [-0.05, 0) is 30.5 Å². The largest absolute Gasteiger partial charge is 0.384 e. The molecule has 0 fully saturated rings. The number of methoxy groups -OCH3 is 1. The zero-order valence-electron chi connectivity index (χ0n) is 8.85. The first-order valence-electron chi connectivity index (χ1n) is 4.54. The zero-order valence-corrected chi connectivity index (χ0v) is 8.85. The van der Waals surface area contributed by atoms with Crippen LogP contribution < -0.4 is 0 Å². The highest BCUT2D eigenvalue weighted by Gasteiger charge is 2.09. The lowest BCUT2D eigenvalue weighted by Gasteiger charge is -2.14. The fourth-order valence-electron chi connectivity index (χ4n) is 1.51. The topological polar surface area (TPSA) is 9.23 Å². The Balaban J connectivity index is 2.93. The van der Waals surface area contributed by atoms with E-state index in [0.29, 0.717) is 6.61 Å². The summed E-state index contributed by atoms with van der Waals surface area (Å²) in [6.45, 7) is 7.12. The normalized spacial score (nSPS) is 10.8. The summed E-state index contributed by atoms with van der Waals surface area (Å²) < 4.78 is 5.12. The molecule has 0 aliphatic heterocycles. The van der Waals surface area contributed by atoms with Gasteiger partial charge >= 0.3 is 0 Å². The predicted molar refractivity (Wildman–Crippen MR) is 55.8 cm³/mol. The highest BCUT2D eigenvalue weighted by molar-refractivity contribution is 5.41. The van der Waals surface area contributed by atoms with Crippen molar-refractivity contribution >= 4 is 0 Å². The molecule has 0 saturated heterocycles. The number of benzene rings is 1. The second-order valence-electron chi connectivity index (χ2n) is 3.46. The van der Waals surface area contributed by atoms with Crippen molar-refractivity contribution in [2.75, 3.05) is 13.7 Å². The molecule has 1 heteroatoms. The van der Waals surface area contributed by atoms with Crippen molar-refractivity contribution < 1.29 is 4.74 Å². The predicted octanol–water partition coefficient (Wildman–Crippen LogP) is 2.89. The van der Waals surface area contributed by atoms with E-state index in [-0.39, 0.29) is 0 Å². The van der Waals surface area contributed by atoms with Gasteiger partial charge in [-0.25, -0.2) is 0 Å². The van der Waals surface area contributed by atoms with Gasteiger partial charge in [0.2, 0.25) is 0 Å². The molecule has 0 N–H and O–H groups in total. The summed E-state index contributed by atoms with van der Waals surface area (Å²) in [4.78, 5) is 0. The minimum absolute atomic E-state index is 0.713. The molecule has 1 aromatic rings. The third-order valence-corrected chi connectivity index (χ3v) is 2.43. The molecular formula is C12H17O. The maximum atomic E-state index is 5.12. The molecule has 0 atom stereocenters. The molecular weight excluding hydrogens is 160 g/mol. The monoisotopic (exact) mass is 177 g/mol. The quantitative estimate of drug-likeness (QED) is 0.689. The Hall–Kier alpha value is -0.820. The van der Waals surface area contributed by atoms with Crippen molar-refractivity contribution in [2.45, 2.75) is 20.8 Å². The van der Waals surface area contributed by atoms with E-state index in [9.17, 15) is 0 Å². The summed E-state index contributed by atoms with van der Waals surface area (Å²) in [6.07, 6.45) is 0. The third-order valence-electron chi connectivity index (χ3n) is 2.43. The molecule has 0 spiro atoms. The molecule has 0 aliphatic carbocycles. The van der Waals surface area contributed by atoms with Crippen LogP contribution in [0.5, 0.6) is 0 Å². The standard InChI is InChI=1S/C12H17O/c1-9-6-5-7-12(11(9)3)10(2)8-13-4/h5-7H,8H2,1-4H3. The second kappa shape index (κ2) is 4.43. The first kappa shape index (κ1) is 10.3. The molecule has 13 heavy (non-hydrogen) atoms. The van der Waals surface area contributed by atoms with Crippen molar-refractivity contribution in [1.82, 2.24) is 0 Å². The van der Waals surface area contributed by atoms with E-state index in [0.717, 1.165) is 0 Å². The van der Waals surface area contributed by atoms with E-state index in [1.165, 1.54) is 22.6 Å². The molecule has 1 rings (SSSR count). The lowest BCUT2D eigenvalue weighted by molar-refractivity contribution is 0.214. The summed E-state index contributed by atoms with van der Waals surface area (Å²) in [7, 11) is 1.73. The highest BCUT2D eigenvalue weighted by atomic mass is 16.5. The SMILES string of the molecule is COC[C](C)c1cccc(C)c1C. The van der Waals surface area contributed by atoms with Crippen LogP contribution in [-0.2, 0) is 4.74 Å². The third kappa shape index (κ3) is 2.31. The number of ether oxygens (including phenoxy) is 1. The van der Waals surface area contributed by atoms with Crippen molar-refractivity contribution in [3.8, 4) is 0 Å². The maximum absolute atomic E-state index is 5.12. The minimum atomic E-state index is 0.713. The minimum Gasteiger partial charge on any atom is -0.384 e. The molecule has 1 aromatic carbocycles. The van der Waals surface area contributed by atoms with E-state index >= 15 is 0 Å². The van der Waals surface area contributed by atoms with Crippen LogP contribution in [0.1, 0.15) is 23.6 Å². The lowest BCUT2D eigenvalue weighted by Crippen LogP contribution is -2.05. The number of rotatable bonds is 3. The number of aryl methyl sites for hydroxylation is 1. The maximum Gasteiger partial charge on any atom is 0.0565 e. The van der Waals surface area contributed by atoms with Gasteiger partial charge < -0.3 is 4.74 Å². The Labute approximate surface area is 80.7 Å². The van der Waals surface area contributed by atoms with E-state index < -0.39 is 0 Å². The average Bonchev–Trinajstić information content (AvgIpc) is 2.10. The van der Waals surface area contributed by atoms with Crippen LogP contribution in [0.25, 0.3) is 0 Å². The zero-order chi connectivity index (χ0) is 9.84. The second-order valence-corrected chi connectivity index (χ2v) is 3.46. The molecule has 1 nitrogen and oxygen atoms in total. The molecule has 0 heterocycles. The van der Waals surface area contributed by atoms with Gasteiger partial charge in [0, 0.05) is 13.0 Å². The van der Waals surface area contributed by atoms with Crippen LogP contribution in [0.15, 0.2) is 18.2 Å². The average molecular weight is 177 g/mol. The first-order chi connectivity index (χ1) is 6.16. The van der Waals surface area contributed by atoms with Gasteiger partial charge in [-0.2, -0.15) is 0 Å². The van der Waals surface area contributed by atoms with E-state index in [1.807, 2.05) is 0 Å². The Morgan fingerprint density at radius 2 is 2.00 bits per heavy atom. The van der Waals surface area contributed by atoms with Crippen molar-refractivity contribution in [1.29, 1.82) is 0 Å². The summed E-state index contributed by atoms with van der Waals surface area (Å²) in [5.74, 6) is 1.30. The lowest BCUT2D eigenvalue weighted by atomic mass is 9.94. The Morgan fingerprint density at radius 3 is 2.62 bits per heavy atom. The first-order valence-corrected chi connectivity index (χ1v) is 4.54. The fraction of sp³-hybridized carbons (Fsp3) is 0.417. The van der Waals surface area contributed by atoms with Crippen LogP contribution in [0.4, 0.5) is 0 Å². The van der Waals surface area contributed by atoms with Crippen LogP contribution in [0, 0.1) is 19.8 Å². The Morgan fingerprint density at radius 1 is 1.31 bits per heavy atom. The molecule has 0 bridgehead atoms. The van der Waals surface area contributed by atoms with E-state index in [1.54, 1.807) is 7.11 Å². The summed E-state index contributed by atoms with van der Waals surface area (Å²) in [6, 6.07) is 6.38. The van der Waals surface area contributed by atoms with Gasteiger partial charge in [0.15, 0.2) is 0 Å². The highest BCUT2D eigenvalue weighted by Crippen LogP contribution is 2.21. The van der Waals surface area contributed by atoms with Crippen LogP contribution in [0.2, 0.25) is 0 Å². The van der Waals surface area contributed by atoms with Crippen LogP contribution in [0.3, 0.4) is 0 Å². The summed E-state index contributed by atoms with van der Waals surface area (Å²) >= 11 is 0. The summed E-state index contributed by atoms with van der Waals surface area (Å²) in [5.41, 5.74) is 4.02. The Bertz CT molecular complexity index is 278. The van der Waals surface area contributed by atoms with Gasteiger partial charge in [-0.3, -0.25) is 0 Å². The van der Waals surface area contributed by atoms with Crippen molar-refractivity contribution in [2.24, 2.45) is 0 Å². The van der Waals surface area contributed by atoms with E-state index in [2.05, 4.69) is 39.0 Å². The van der Waals surface area contributed by atoms with E-state index in [4.69, 9.17) is 4.74 Å². The molecule has 1 radical (unpaired) electrons. The number of hydrogen-bond acceptors (Lipinski definition) is 1. The molecule has 0 aliphatic rings. The Kier molecular flexibility index (Phi) is 3.49. The molecule has 0 saturated carbocycles. The molecule has 71 valence electrons. The van der Waals surface area contributed by atoms with Crippen LogP contribution >= 0.6 is 0 Å². The molecule has 0 aromatic heterocycles. The van der Waals surface area contributed by atoms with Crippen LogP contribution in [-0.4, -0.2) is 13.7 Å². The van der Waals surface area contributed by atoms with Gasteiger partial charge in [-0.1, -0.05) is 25.1 Å². The molecule has 0 unspecified atom stereocenters. The van der Waals surface area contributed by atoms with Crippen molar-refractivity contribution in [3.05, 3.63) is 40.8 Å². The number of hydrogen-bond donors (Lipinski definition) is 0. The van der Waals surface area contributed by atoms with Gasteiger partial charge in [-0.15, -0.1) is 0 Å². The van der Waals surface area contributed by atoms with Gasteiger partial charge in [0.05, 0.1) is 6.61 Å². The van der Waals surface area contributed by atoms with Gasteiger partial charge in [0.1, 0.15) is 0 Å². The van der Waals surface area contributed by atoms with Gasteiger partial charge in [0.25, 0.3) is 0 Å².